The third kappa shape index (κ3) is 5.84. The molecule has 162 valence electrons. The largest absolute Gasteiger partial charge is 0.489 e. The Morgan fingerprint density at radius 3 is 2.40 bits per heavy atom. The van der Waals surface area contributed by atoms with E-state index in [1.54, 1.807) is 4.90 Å². The summed E-state index contributed by atoms with van der Waals surface area (Å²) in [5.41, 5.74) is 2.55. The fraction of sp³-hybridized carbons (Fsp3) is 0.522. The van der Waals surface area contributed by atoms with E-state index in [1.165, 1.54) is 0 Å². The average molecular weight is 415 g/mol. The molecule has 1 saturated heterocycles. The highest BCUT2D eigenvalue weighted by Gasteiger charge is 2.25. The van der Waals surface area contributed by atoms with E-state index >= 15 is 0 Å². The van der Waals surface area contributed by atoms with Gasteiger partial charge >= 0.3 is 5.97 Å². The van der Waals surface area contributed by atoms with Gasteiger partial charge in [-0.2, -0.15) is 0 Å². The van der Waals surface area contributed by atoms with Crippen molar-refractivity contribution in [2.75, 3.05) is 19.7 Å². The number of hydrogen-bond acceptors (Lipinski definition) is 6. The Bertz CT molecular complexity index is 845. The fourth-order valence-electron chi connectivity index (χ4n) is 3.88. The first-order chi connectivity index (χ1) is 14.3. The van der Waals surface area contributed by atoms with Gasteiger partial charge in [0.1, 0.15) is 18.1 Å². The molecule has 1 aliphatic rings. The Hall–Kier alpha value is -2.83. The second-order valence-corrected chi connectivity index (χ2v) is 8.32. The Kier molecular flexibility index (Phi) is 7.13. The van der Waals surface area contributed by atoms with Crippen LogP contribution in [0.4, 0.5) is 0 Å². The number of carbonyl (C=O) groups is 2. The van der Waals surface area contributed by atoms with Crippen molar-refractivity contribution in [1.82, 2.24) is 10.1 Å². The van der Waals surface area contributed by atoms with E-state index in [9.17, 15) is 9.59 Å². The number of piperidine rings is 1. The maximum atomic E-state index is 12.3. The predicted molar refractivity (Wildman–Crippen MR) is 111 cm³/mol. The highest BCUT2D eigenvalue weighted by Crippen LogP contribution is 2.21. The predicted octanol–water partition coefficient (Wildman–Crippen LogP) is 3.46. The molecule has 0 N–H and O–H groups in total. The third-order valence-electron chi connectivity index (χ3n) is 5.41. The van der Waals surface area contributed by atoms with Crippen LogP contribution in [0.15, 0.2) is 28.8 Å². The SMILES string of the molecule is Cc1noc(C)c1COc1ccc(CC(=O)OCC(=O)N2C[C@H](C)C[C@H](C)C2)cc1. The van der Waals surface area contributed by atoms with E-state index in [-0.39, 0.29) is 18.9 Å². The molecular formula is C23H30N2O5. The van der Waals surface area contributed by atoms with Gasteiger partial charge in [0, 0.05) is 13.1 Å². The lowest BCUT2D eigenvalue weighted by Gasteiger charge is -2.34. The first kappa shape index (κ1) is 21.9. The molecule has 0 bridgehead atoms. The number of ether oxygens (including phenoxy) is 2. The van der Waals surface area contributed by atoms with E-state index < -0.39 is 5.97 Å². The Morgan fingerprint density at radius 1 is 1.13 bits per heavy atom. The van der Waals surface area contributed by atoms with Gasteiger partial charge in [0.15, 0.2) is 6.61 Å². The lowest BCUT2D eigenvalue weighted by molar-refractivity contribution is -0.152. The lowest BCUT2D eigenvalue weighted by atomic mass is 9.92. The number of rotatable bonds is 7. The van der Waals surface area contributed by atoms with Gasteiger partial charge in [-0.1, -0.05) is 31.1 Å². The smallest absolute Gasteiger partial charge is 0.310 e. The lowest BCUT2D eigenvalue weighted by Crippen LogP contribution is -2.44. The molecule has 30 heavy (non-hydrogen) atoms. The van der Waals surface area contributed by atoms with Crippen molar-refractivity contribution in [1.29, 1.82) is 0 Å². The molecule has 0 saturated carbocycles. The highest BCUT2D eigenvalue weighted by molar-refractivity contribution is 5.81. The standard InChI is InChI=1S/C23H30N2O5/c1-15-9-16(2)12-25(11-15)22(26)14-29-23(27)10-19-5-7-20(8-6-19)28-13-21-17(3)24-30-18(21)4/h5-8,15-16H,9-14H2,1-4H3/t15-,16+. The second kappa shape index (κ2) is 9.78. The number of carbonyl (C=O) groups excluding carboxylic acids is 2. The van der Waals surface area contributed by atoms with Gasteiger partial charge in [0.05, 0.1) is 17.7 Å². The Balaban J connectivity index is 1.43. The van der Waals surface area contributed by atoms with Crippen molar-refractivity contribution in [2.45, 2.75) is 47.1 Å². The number of benzene rings is 1. The molecule has 0 radical (unpaired) electrons. The maximum absolute atomic E-state index is 12.3. The summed E-state index contributed by atoms with van der Waals surface area (Å²) in [7, 11) is 0. The topological polar surface area (TPSA) is 81.9 Å². The van der Waals surface area contributed by atoms with Crippen molar-refractivity contribution < 1.29 is 23.6 Å². The van der Waals surface area contributed by atoms with Gasteiger partial charge in [-0.05, 0) is 49.8 Å². The molecule has 2 aromatic rings. The number of aromatic nitrogens is 1. The second-order valence-electron chi connectivity index (χ2n) is 8.32. The third-order valence-corrected chi connectivity index (χ3v) is 5.41. The van der Waals surface area contributed by atoms with Gasteiger partial charge in [0.2, 0.25) is 0 Å². The summed E-state index contributed by atoms with van der Waals surface area (Å²) in [5.74, 6) is 1.86. The number of aryl methyl sites for hydroxylation is 2. The number of esters is 1. The van der Waals surface area contributed by atoms with Crippen molar-refractivity contribution in [3.63, 3.8) is 0 Å². The maximum Gasteiger partial charge on any atom is 0.310 e. The zero-order valence-electron chi connectivity index (χ0n) is 18.1. The van der Waals surface area contributed by atoms with Crippen LogP contribution in [-0.4, -0.2) is 41.6 Å². The Labute approximate surface area is 177 Å². The highest BCUT2D eigenvalue weighted by atomic mass is 16.5. The first-order valence-corrected chi connectivity index (χ1v) is 10.4. The van der Waals surface area contributed by atoms with Crippen LogP contribution in [0.3, 0.4) is 0 Å². The summed E-state index contributed by atoms with van der Waals surface area (Å²) in [6.07, 6.45) is 1.24. The normalized spacial score (nSPS) is 18.9. The summed E-state index contributed by atoms with van der Waals surface area (Å²) in [4.78, 5) is 26.3. The molecule has 7 heteroatoms. The molecule has 1 aliphatic heterocycles. The molecule has 2 atom stereocenters. The molecule has 0 unspecified atom stereocenters. The zero-order valence-corrected chi connectivity index (χ0v) is 18.1. The number of amides is 1. The van der Waals surface area contributed by atoms with Crippen LogP contribution < -0.4 is 4.74 Å². The molecule has 7 nitrogen and oxygen atoms in total. The summed E-state index contributed by atoms with van der Waals surface area (Å²) < 4.78 is 16.1. The van der Waals surface area contributed by atoms with Crippen LogP contribution >= 0.6 is 0 Å². The van der Waals surface area contributed by atoms with Crippen molar-refractivity contribution in [3.05, 3.63) is 46.8 Å². The number of likely N-dealkylation sites (tertiary alicyclic amines) is 1. The summed E-state index contributed by atoms with van der Waals surface area (Å²) >= 11 is 0. The van der Waals surface area contributed by atoms with E-state index in [0.29, 0.717) is 24.2 Å². The minimum atomic E-state index is -0.411. The summed E-state index contributed by atoms with van der Waals surface area (Å²) in [6.45, 7) is 9.65. The quantitative estimate of drug-likeness (QED) is 0.646. The molecule has 1 amide bonds. The van der Waals surface area contributed by atoms with Crippen molar-refractivity contribution >= 4 is 11.9 Å². The van der Waals surface area contributed by atoms with E-state index in [2.05, 4.69) is 19.0 Å². The minimum absolute atomic E-state index is 0.115. The zero-order chi connectivity index (χ0) is 21.7. The van der Waals surface area contributed by atoms with E-state index in [0.717, 1.165) is 42.1 Å². The van der Waals surface area contributed by atoms with Gasteiger partial charge in [0.25, 0.3) is 5.91 Å². The molecule has 3 rings (SSSR count). The summed E-state index contributed by atoms with van der Waals surface area (Å²) in [5, 5.41) is 3.91. The van der Waals surface area contributed by atoms with Gasteiger partial charge < -0.3 is 18.9 Å². The Morgan fingerprint density at radius 2 is 1.80 bits per heavy atom. The van der Waals surface area contributed by atoms with Crippen LogP contribution in [0.1, 0.15) is 42.8 Å². The number of hydrogen-bond donors (Lipinski definition) is 0. The van der Waals surface area contributed by atoms with E-state index in [4.69, 9.17) is 14.0 Å². The minimum Gasteiger partial charge on any atom is -0.489 e. The van der Waals surface area contributed by atoms with Gasteiger partial charge in [-0.15, -0.1) is 0 Å². The van der Waals surface area contributed by atoms with Crippen LogP contribution in [0.2, 0.25) is 0 Å². The van der Waals surface area contributed by atoms with Gasteiger partial charge in [-0.25, -0.2) is 0 Å². The molecule has 1 fully saturated rings. The molecule has 1 aromatic heterocycles. The molecule has 2 heterocycles. The molecule has 0 spiro atoms. The van der Waals surface area contributed by atoms with Crippen molar-refractivity contribution in [2.24, 2.45) is 11.8 Å². The van der Waals surface area contributed by atoms with Crippen LogP contribution in [0, 0.1) is 25.7 Å². The molecule has 0 aliphatic carbocycles. The van der Waals surface area contributed by atoms with Crippen molar-refractivity contribution in [3.8, 4) is 5.75 Å². The number of nitrogens with zero attached hydrogens (tertiary/aromatic N) is 2. The van der Waals surface area contributed by atoms with Crippen LogP contribution in [-0.2, 0) is 27.4 Å². The summed E-state index contributed by atoms with van der Waals surface area (Å²) in [6, 6.07) is 7.25. The first-order valence-electron chi connectivity index (χ1n) is 10.4. The van der Waals surface area contributed by atoms with E-state index in [1.807, 2.05) is 38.1 Å². The average Bonchev–Trinajstić information content (AvgIpc) is 3.02. The molecular weight excluding hydrogens is 384 g/mol. The van der Waals surface area contributed by atoms with Gasteiger partial charge in [-0.3, -0.25) is 9.59 Å². The monoisotopic (exact) mass is 414 g/mol. The fourth-order valence-corrected chi connectivity index (χ4v) is 3.88. The molecule has 1 aromatic carbocycles. The van der Waals surface area contributed by atoms with Crippen LogP contribution in [0.25, 0.3) is 0 Å². The van der Waals surface area contributed by atoms with Crippen LogP contribution in [0.5, 0.6) is 5.75 Å².